The van der Waals surface area contributed by atoms with E-state index in [9.17, 15) is 13.6 Å². The van der Waals surface area contributed by atoms with E-state index in [0.717, 1.165) is 34.5 Å². The van der Waals surface area contributed by atoms with Crippen molar-refractivity contribution >= 4 is 11.6 Å². The highest BCUT2D eigenvalue weighted by atomic mass is 19.2. The molecule has 0 atom stereocenters. The van der Waals surface area contributed by atoms with E-state index in [4.69, 9.17) is 0 Å². The van der Waals surface area contributed by atoms with Gasteiger partial charge in [0, 0.05) is 24.4 Å². The molecule has 4 nitrogen and oxygen atoms in total. The smallest absolute Gasteiger partial charge is 0.276 e. The molecule has 26 heavy (non-hydrogen) atoms. The number of nitrogens with one attached hydrogen (secondary N) is 1. The van der Waals surface area contributed by atoms with E-state index in [1.807, 2.05) is 20.8 Å². The molecule has 3 aromatic rings. The molecule has 134 valence electrons. The number of aryl methyl sites for hydroxylation is 4. The van der Waals surface area contributed by atoms with Crippen LogP contribution in [0.15, 0.2) is 36.4 Å². The Labute approximate surface area is 150 Å². The number of nitrogens with zero attached hydrogens (tertiary/aromatic N) is 2. The van der Waals surface area contributed by atoms with E-state index in [-0.39, 0.29) is 11.4 Å². The van der Waals surface area contributed by atoms with Crippen LogP contribution in [0.3, 0.4) is 0 Å². The summed E-state index contributed by atoms with van der Waals surface area (Å²) in [5.41, 5.74) is 5.57. The van der Waals surface area contributed by atoms with Crippen LogP contribution in [0.2, 0.25) is 0 Å². The lowest BCUT2D eigenvalue weighted by atomic mass is 9.97. The number of hydrogen-bond acceptors (Lipinski definition) is 2. The standard InChI is InChI=1S/C20H19F2N3O/c1-11-7-12(2)19(13(3)8-11)18-10-17(24-25(18)4)20(26)23-14-5-6-15(21)16(22)9-14/h5-10H,1-4H3,(H,23,26). The SMILES string of the molecule is Cc1cc(C)c(-c2cc(C(=O)Nc3ccc(F)c(F)c3)nn2C)c(C)c1. The van der Waals surface area contributed by atoms with Crippen molar-refractivity contribution in [1.82, 2.24) is 9.78 Å². The van der Waals surface area contributed by atoms with Crippen LogP contribution in [0.1, 0.15) is 27.2 Å². The van der Waals surface area contributed by atoms with Crippen molar-refractivity contribution in [1.29, 1.82) is 0 Å². The van der Waals surface area contributed by atoms with Gasteiger partial charge in [0.15, 0.2) is 17.3 Å². The van der Waals surface area contributed by atoms with Crippen LogP contribution >= 0.6 is 0 Å². The molecule has 1 N–H and O–H groups in total. The molecule has 6 heteroatoms. The second-order valence-corrected chi connectivity index (χ2v) is 6.40. The van der Waals surface area contributed by atoms with Crippen molar-refractivity contribution in [3.8, 4) is 11.3 Å². The Morgan fingerprint density at radius 2 is 1.65 bits per heavy atom. The van der Waals surface area contributed by atoms with Crippen molar-refractivity contribution in [2.75, 3.05) is 5.32 Å². The number of halogens is 2. The molecule has 1 aromatic heterocycles. The van der Waals surface area contributed by atoms with E-state index in [1.54, 1.807) is 17.8 Å². The average molecular weight is 355 g/mol. The lowest BCUT2D eigenvalue weighted by Crippen LogP contribution is -2.13. The Bertz CT molecular complexity index is 985. The van der Waals surface area contributed by atoms with E-state index >= 15 is 0 Å². The fourth-order valence-corrected chi connectivity index (χ4v) is 3.17. The van der Waals surface area contributed by atoms with Crippen molar-refractivity contribution < 1.29 is 13.6 Å². The number of carbonyl (C=O) groups excluding carboxylic acids is 1. The van der Waals surface area contributed by atoms with Gasteiger partial charge in [-0.25, -0.2) is 8.78 Å². The molecule has 0 spiro atoms. The predicted octanol–water partition coefficient (Wildman–Crippen LogP) is 4.54. The second-order valence-electron chi connectivity index (χ2n) is 6.40. The third-order valence-corrected chi connectivity index (χ3v) is 4.22. The zero-order valence-corrected chi connectivity index (χ0v) is 15.0. The number of amides is 1. The molecule has 1 amide bonds. The zero-order valence-electron chi connectivity index (χ0n) is 15.0. The first-order chi connectivity index (χ1) is 12.3. The van der Waals surface area contributed by atoms with E-state index in [2.05, 4.69) is 22.5 Å². The van der Waals surface area contributed by atoms with Crippen molar-refractivity contribution in [2.45, 2.75) is 20.8 Å². The molecule has 0 aliphatic heterocycles. The first kappa shape index (κ1) is 17.8. The first-order valence-electron chi connectivity index (χ1n) is 8.15. The van der Waals surface area contributed by atoms with Gasteiger partial charge in [-0.05, 0) is 50.1 Å². The molecular formula is C20H19F2N3O. The minimum atomic E-state index is -1.02. The lowest BCUT2D eigenvalue weighted by Gasteiger charge is -2.11. The van der Waals surface area contributed by atoms with Gasteiger partial charge in [0.1, 0.15) is 0 Å². The molecule has 2 aromatic carbocycles. The molecule has 0 saturated heterocycles. The summed E-state index contributed by atoms with van der Waals surface area (Å²) in [7, 11) is 1.77. The quantitative estimate of drug-likeness (QED) is 0.750. The Morgan fingerprint density at radius 3 is 2.27 bits per heavy atom. The minimum absolute atomic E-state index is 0.170. The molecule has 3 rings (SSSR count). The van der Waals surface area contributed by atoms with Crippen LogP contribution in [0, 0.1) is 32.4 Å². The highest BCUT2D eigenvalue weighted by Gasteiger charge is 2.17. The maximum atomic E-state index is 13.3. The largest absolute Gasteiger partial charge is 0.320 e. The fourth-order valence-electron chi connectivity index (χ4n) is 3.17. The second kappa shape index (κ2) is 6.71. The number of anilines is 1. The Balaban J connectivity index is 1.93. The third kappa shape index (κ3) is 3.35. The van der Waals surface area contributed by atoms with Crippen molar-refractivity contribution in [3.05, 3.63) is 70.4 Å². The monoisotopic (exact) mass is 355 g/mol. The van der Waals surface area contributed by atoms with Crippen LogP contribution < -0.4 is 5.32 Å². The molecule has 0 unspecified atom stereocenters. The van der Waals surface area contributed by atoms with Crippen LogP contribution in [-0.4, -0.2) is 15.7 Å². The molecule has 0 radical (unpaired) electrons. The molecule has 0 aliphatic carbocycles. The molecule has 0 saturated carbocycles. The minimum Gasteiger partial charge on any atom is -0.320 e. The van der Waals surface area contributed by atoms with Gasteiger partial charge in [-0.3, -0.25) is 9.48 Å². The summed E-state index contributed by atoms with van der Waals surface area (Å²) in [4.78, 5) is 12.4. The number of rotatable bonds is 3. The Kier molecular flexibility index (Phi) is 4.59. The number of benzene rings is 2. The maximum absolute atomic E-state index is 13.3. The molecular weight excluding hydrogens is 336 g/mol. The topological polar surface area (TPSA) is 46.9 Å². The highest BCUT2D eigenvalue weighted by molar-refractivity contribution is 6.03. The van der Waals surface area contributed by atoms with Gasteiger partial charge >= 0.3 is 0 Å². The van der Waals surface area contributed by atoms with Crippen LogP contribution in [0.25, 0.3) is 11.3 Å². The van der Waals surface area contributed by atoms with Crippen molar-refractivity contribution in [3.63, 3.8) is 0 Å². The average Bonchev–Trinajstić information content (AvgIpc) is 2.92. The van der Waals surface area contributed by atoms with Gasteiger partial charge in [-0.2, -0.15) is 5.10 Å². The summed E-state index contributed by atoms with van der Waals surface area (Å²) in [6.45, 7) is 6.07. The number of aromatic nitrogens is 2. The summed E-state index contributed by atoms with van der Waals surface area (Å²) in [5.74, 6) is -2.47. The molecule has 1 heterocycles. The van der Waals surface area contributed by atoms with Gasteiger partial charge in [-0.15, -0.1) is 0 Å². The van der Waals surface area contributed by atoms with Gasteiger partial charge in [0.05, 0.1) is 5.69 Å². The maximum Gasteiger partial charge on any atom is 0.276 e. The summed E-state index contributed by atoms with van der Waals surface area (Å²) in [6, 6.07) is 9.06. The van der Waals surface area contributed by atoms with E-state index in [1.165, 1.54) is 11.6 Å². The number of hydrogen-bond donors (Lipinski definition) is 1. The third-order valence-electron chi connectivity index (χ3n) is 4.22. The summed E-state index contributed by atoms with van der Waals surface area (Å²) in [5, 5.41) is 6.80. The van der Waals surface area contributed by atoms with Gasteiger partial charge < -0.3 is 5.32 Å². The number of carbonyl (C=O) groups is 1. The van der Waals surface area contributed by atoms with Crippen molar-refractivity contribution in [2.24, 2.45) is 7.05 Å². The fraction of sp³-hybridized carbons (Fsp3) is 0.200. The normalized spacial score (nSPS) is 10.8. The summed E-state index contributed by atoms with van der Waals surface area (Å²) < 4.78 is 27.9. The van der Waals surface area contributed by atoms with E-state index < -0.39 is 17.5 Å². The Hall–Kier alpha value is -3.02. The molecule has 0 aliphatic rings. The van der Waals surface area contributed by atoms with Crippen LogP contribution in [0.5, 0.6) is 0 Å². The van der Waals surface area contributed by atoms with Crippen LogP contribution in [0.4, 0.5) is 14.5 Å². The van der Waals surface area contributed by atoms with Crippen LogP contribution in [-0.2, 0) is 7.05 Å². The first-order valence-corrected chi connectivity index (χ1v) is 8.15. The zero-order chi connectivity index (χ0) is 19.0. The highest BCUT2D eigenvalue weighted by Crippen LogP contribution is 2.29. The van der Waals surface area contributed by atoms with Gasteiger partial charge in [0.2, 0.25) is 0 Å². The molecule has 0 fully saturated rings. The molecule has 0 bridgehead atoms. The Morgan fingerprint density at radius 1 is 1.00 bits per heavy atom. The predicted molar refractivity (Wildman–Crippen MR) is 97.2 cm³/mol. The van der Waals surface area contributed by atoms with Gasteiger partial charge in [-0.1, -0.05) is 17.7 Å². The van der Waals surface area contributed by atoms with Gasteiger partial charge in [0.25, 0.3) is 5.91 Å². The lowest BCUT2D eigenvalue weighted by molar-refractivity contribution is 0.102. The summed E-state index contributed by atoms with van der Waals surface area (Å²) >= 11 is 0. The summed E-state index contributed by atoms with van der Waals surface area (Å²) in [6.07, 6.45) is 0. The van der Waals surface area contributed by atoms with E-state index in [0.29, 0.717) is 0 Å².